The van der Waals surface area contributed by atoms with Gasteiger partial charge >= 0.3 is 6.55 Å². The summed E-state index contributed by atoms with van der Waals surface area (Å²) in [6, 6.07) is 6.81. The van der Waals surface area contributed by atoms with Gasteiger partial charge in [-0.2, -0.15) is 13.2 Å². The Bertz CT molecular complexity index is 996. The minimum absolute atomic E-state index is 0.161. The fraction of sp³-hybridized carbons (Fsp3) is 0.368. The molecule has 0 unspecified atom stereocenters. The lowest BCUT2D eigenvalue weighted by atomic mass is 9.95. The zero-order chi connectivity index (χ0) is 20.5. The van der Waals surface area contributed by atoms with Gasteiger partial charge in [0.1, 0.15) is 11.6 Å². The van der Waals surface area contributed by atoms with Gasteiger partial charge in [0.05, 0.1) is 0 Å². The maximum atomic E-state index is 13.3. The summed E-state index contributed by atoms with van der Waals surface area (Å²) in [4.78, 5) is 10.5. The number of nitrogens with two attached hydrogens (primary N) is 1. The van der Waals surface area contributed by atoms with Gasteiger partial charge in [-0.3, -0.25) is 0 Å². The molecule has 7 nitrogen and oxygen atoms in total. The number of piperidine rings is 1. The Balaban J connectivity index is 1.58. The predicted molar refractivity (Wildman–Crippen MR) is 102 cm³/mol. The zero-order valence-corrected chi connectivity index (χ0v) is 15.8. The molecule has 4 rings (SSSR count). The molecule has 3 aromatic heterocycles. The van der Waals surface area contributed by atoms with E-state index in [0.29, 0.717) is 30.5 Å². The van der Waals surface area contributed by atoms with E-state index in [1.165, 1.54) is 12.3 Å². The van der Waals surface area contributed by atoms with Gasteiger partial charge < -0.3 is 10.6 Å². The molecule has 0 aromatic carbocycles. The normalized spacial score (nSPS) is 15.3. The van der Waals surface area contributed by atoms with Crippen molar-refractivity contribution in [1.82, 2.24) is 24.7 Å². The molecule has 152 valence electrons. The third kappa shape index (κ3) is 3.74. The molecule has 1 aliphatic heterocycles. The van der Waals surface area contributed by atoms with Crippen LogP contribution in [0.15, 0.2) is 30.5 Å². The van der Waals surface area contributed by atoms with Crippen LogP contribution in [0, 0.1) is 12.9 Å². The Hall–Kier alpha value is -3.17. The SMILES string of the molecule is Cc1ccc(-c2ccc(F)nc2)c(N2CCC(c3nnc(N)n3C(F)F)CC2)n1. The van der Waals surface area contributed by atoms with Crippen LogP contribution in [0.2, 0.25) is 0 Å². The molecular formula is C19H20F3N7. The lowest BCUT2D eigenvalue weighted by Crippen LogP contribution is -2.34. The number of anilines is 2. The van der Waals surface area contributed by atoms with E-state index in [0.717, 1.165) is 22.6 Å². The van der Waals surface area contributed by atoms with Crippen molar-refractivity contribution in [2.45, 2.75) is 32.2 Å². The molecule has 1 aliphatic rings. The smallest absolute Gasteiger partial charge is 0.322 e. The molecule has 4 heterocycles. The van der Waals surface area contributed by atoms with E-state index in [9.17, 15) is 13.2 Å². The number of pyridine rings is 2. The number of nitrogen functional groups attached to an aromatic ring is 1. The molecule has 0 radical (unpaired) electrons. The van der Waals surface area contributed by atoms with Gasteiger partial charge in [0, 0.05) is 42.0 Å². The van der Waals surface area contributed by atoms with Crippen molar-refractivity contribution < 1.29 is 13.2 Å². The van der Waals surface area contributed by atoms with E-state index in [1.807, 2.05) is 19.1 Å². The number of hydrogen-bond acceptors (Lipinski definition) is 6. The second-order valence-corrected chi connectivity index (χ2v) is 7.02. The minimum Gasteiger partial charge on any atom is -0.368 e. The van der Waals surface area contributed by atoms with Crippen molar-refractivity contribution in [3.05, 3.63) is 47.9 Å². The zero-order valence-electron chi connectivity index (χ0n) is 15.8. The number of alkyl halides is 2. The predicted octanol–water partition coefficient (Wildman–Crippen LogP) is 3.54. The van der Waals surface area contributed by atoms with Crippen molar-refractivity contribution in [1.29, 1.82) is 0 Å². The van der Waals surface area contributed by atoms with Crippen LogP contribution in [0.25, 0.3) is 11.1 Å². The van der Waals surface area contributed by atoms with Crippen molar-refractivity contribution in [3.8, 4) is 11.1 Å². The number of hydrogen-bond donors (Lipinski definition) is 1. The Morgan fingerprint density at radius 3 is 2.52 bits per heavy atom. The van der Waals surface area contributed by atoms with Gasteiger partial charge in [0.25, 0.3) is 0 Å². The molecule has 0 amide bonds. The van der Waals surface area contributed by atoms with Gasteiger partial charge in [-0.05, 0) is 44.0 Å². The Morgan fingerprint density at radius 1 is 1.10 bits per heavy atom. The molecule has 1 fully saturated rings. The van der Waals surface area contributed by atoms with Gasteiger partial charge in [0.2, 0.25) is 11.9 Å². The van der Waals surface area contributed by atoms with Crippen molar-refractivity contribution >= 4 is 11.8 Å². The highest BCUT2D eigenvalue weighted by molar-refractivity contribution is 5.75. The summed E-state index contributed by atoms with van der Waals surface area (Å²) < 4.78 is 40.5. The fourth-order valence-electron chi connectivity index (χ4n) is 3.69. The van der Waals surface area contributed by atoms with Crippen LogP contribution in [-0.2, 0) is 0 Å². The number of aryl methyl sites for hydroxylation is 1. The van der Waals surface area contributed by atoms with E-state index >= 15 is 0 Å². The van der Waals surface area contributed by atoms with Gasteiger partial charge in [-0.1, -0.05) is 0 Å². The first-order valence-corrected chi connectivity index (χ1v) is 9.27. The maximum Gasteiger partial charge on any atom is 0.322 e. The summed E-state index contributed by atoms with van der Waals surface area (Å²) in [5, 5.41) is 7.49. The largest absolute Gasteiger partial charge is 0.368 e. The van der Waals surface area contributed by atoms with Crippen LogP contribution in [-0.4, -0.2) is 37.8 Å². The van der Waals surface area contributed by atoms with E-state index in [-0.39, 0.29) is 17.7 Å². The average Bonchev–Trinajstić information content (AvgIpc) is 3.10. The molecule has 0 spiro atoms. The molecule has 0 aliphatic carbocycles. The third-order valence-corrected chi connectivity index (χ3v) is 5.16. The first-order chi connectivity index (χ1) is 13.9. The quantitative estimate of drug-likeness (QED) is 0.671. The van der Waals surface area contributed by atoms with E-state index in [4.69, 9.17) is 5.73 Å². The van der Waals surface area contributed by atoms with E-state index in [1.54, 1.807) is 6.07 Å². The molecule has 0 atom stereocenters. The second-order valence-electron chi connectivity index (χ2n) is 7.02. The standard InChI is InChI=1S/C19H20F3N7/c1-11-2-4-14(13-3-5-15(20)24-10-13)17(25-11)28-8-6-12(7-9-28)16-26-27-19(23)29(16)18(21)22/h2-5,10,12,18H,6-9H2,1H3,(H2,23,27). The molecule has 0 saturated carbocycles. The molecule has 2 N–H and O–H groups in total. The first kappa shape index (κ1) is 19.2. The van der Waals surface area contributed by atoms with E-state index in [2.05, 4.69) is 25.1 Å². The minimum atomic E-state index is -2.77. The molecular weight excluding hydrogens is 383 g/mol. The number of rotatable bonds is 4. The highest BCUT2D eigenvalue weighted by atomic mass is 19.3. The van der Waals surface area contributed by atoms with Crippen molar-refractivity contribution in [2.24, 2.45) is 0 Å². The van der Waals surface area contributed by atoms with Crippen LogP contribution in [0.5, 0.6) is 0 Å². The lowest BCUT2D eigenvalue weighted by Gasteiger charge is -2.33. The highest BCUT2D eigenvalue weighted by Crippen LogP contribution is 2.35. The summed E-state index contributed by atoms with van der Waals surface area (Å²) >= 11 is 0. The Labute approximate surface area is 165 Å². The average molecular weight is 403 g/mol. The summed E-state index contributed by atoms with van der Waals surface area (Å²) in [6.45, 7) is 0.350. The van der Waals surface area contributed by atoms with Gasteiger partial charge in [0.15, 0.2) is 0 Å². The molecule has 3 aromatic rings. The van der Waals surface area contributed by atoms with Crippen molar-refractivity contribution in [2.75, 3.05) is 23.7 Å². The van der Waals surface area contributed by atoms with Crippen LogP contribution in [0.3, 0.4) is 0 Å². The Morgan fingerprint density at radius 2 is 1.86 bits per heavy atom. The summed E-state index contributed by atoms with van der Waals surface area (Å²) in [6.07, 6.45) is 2.70. The van der Waals surface area contributed by atoms with E-state index < -0.39 is 12.5 Å². The molecule has 10 heteroatoms. The van der Waals surface area contributed by atoms with Gasteiger partial charge in [-0.25, -0.2) is 14.5 Å². The summed E-state index contributed by atoms with van der Waals surface area (Å²) in [5.41, 5.74) is 8.00. The highest BCUT2D eigenvalue weighted by Gasteiger charge is 2.29. The Kier molecular flexibility index (Phi) is 5.08. The maximum absolute atomic E-state index is 13.3. The summed E-state index contributed by atoms with van der Waals surface area (Å²) in [5.74, 6) is 0.0114. The third-order valence-electron chi connectivity index (χ3n) is 5.16. The van der Waals surface area contributed by atoms with Crippen LogP contribution >= 0.6 is 0 Å². The van der Waals surface area contributed by atoms with Crippen LogP contribution in [0.1, 0.15) is 36.8 Å². The number of aromatic nitrogens is 5. The molecule has 1 saturated heterocycles. The summed E-state index contributed by atoms with van der Waals surface area (Å²) in [7, 11) is 0. The first-order valence-electron chi connectivity index (χ1n) is 9.27. The fourth-order valence-corrected chi connectivity index (χ4v) is 3.69. The monoisotopic (exact) mass is 403 g/mol. The lowest BCUT2D eigenvalue weighted by molar-refractivity contribution is 0.0673. The van der Waals surface area contributed by atoms with Crippen molar-refractivity contribution in [3.63, 3.8) is 0 Å². The molecule has 29 heavy (non-hydrogen) atoms. The van der Waals surface area contributed by atoms with Crippen LogP contribution < -0.4 is 10.6 Å². The topological polar surface area (TPSA) is 85.8 Å². The second kappa shape index (κ2) is 7.69. The number of halogens is 3. The van der Waals surface area contributed by atoms with Crippen LogP contribution in [0.4, 0.5) is 24.9 Å². The number of nitrogens with zero attached hydrogens (tertiary/aromatic N) is 6. The molecule has 0 bridgehead atoms. The van der Waals surface area contributed by atoms with Gasteiger partial charge in [-0.15, -0.1) is 10.2 Å².